The maximum absolute atomic E-state index is 10.6. The predicted octanol–water partition coefficient (Wildman–Crippen LogP) is 3.48. The van der Waals surface area contributed by atoms with Gasteiger partial charge in [-0.15, -0.1) is 0 Å². The minimum absolute atomic E-state index is 0.0419. The number of hydrogen-bond acceptors (Lipinski definition) is 2. The van der Waals surface area contributed by atoms with Gasteiger partial charge in [-0.05, 0) is 42.2 Å². The zero-order chi connectivity index (χ0) is 14.1. The van der Waals surface area contributed by atoms with Gasteiger partial charge < -0.3 is 5.11 Å². The van der Waals surface area contributed by atoms with Crippen LogP contribution in [0.5, 0.6) is 0 Å². The zero-order valence-electron chi connectivity index (χ0n) is 12.1. The van der Waals surface area contributed by atoms with E-state index >= 15 is 0 Å². The Hall–Kier alpha value is -1.33. The molecule has 0 saturated heterocycles. The van der Waals surface area contributed by atoms with Gasteiger partial charge in [0.25, 0.3) is 0 Å². The first-order valence-electron chi connectivity index (χ1n) is 7.02. The molecule has 1 aromatic rings. The van der Waals surface area contributed by atoms with Gasteiger partial charge >= 0.3 is 0 Å². The fourth-order valence-corrected chi connectivity index (χ4v) is 2.99. The summed E-state index contributed by atoms with van der Waals surface area (Å²) in [6.45, 7) is 6.33. The third kappa shape index (κ3) is 2.98. The predicted molar refractivity (Wildman–Crippen MR) is 76.6 cm³/mol. The average molecular weight is 257 g/mol. The van der Waals surface area contributed by atoms with Crippen molar-refractivity contribution in [3.63, 3.8) is 0 Å². The number of aliphatic hydroxyl groups is 1. The highest BCUT2D eigenvalue weighted by molar-refractivity contribution is 5.33. The first-order valence-corrected chi connectivity index (χ1v) is 7.02. The van der Waals surface area contributed by atoms with Gasteiger partial charge in [-0.2, -0.15) is 5.26 Å². The van der Waals surface area contributed by atoms with E-state index in [4.69, 9.17) is 0 Å². The number of aliphatic hydroxyl groups excluding tert-OH is 1. The molecular weight excluding hydrogens is 234 g/mol. The van der Waals surface area contributed by atoms with Gasteiger partial charge in [0.15, 0.2) is 0 Å². The van der Waals surface area contributed by atoms with Gasteiger partial charge in [0.1, 0.15) is 0 Å². The summed E-state index contributed by atoms with van der Waals surface area (Å²) in [4.78, 5) is 0. The molecule has 1 aromatic carbocycles. The number of aryl methyl sites for hydroxylation is 1. The maximum atomic E-state index is 10.6. The van der Waals surface area contributed by atoms with Crippen LogP contribution in [0.1, 0.15) is 44.7 Å². The Morgan fingerprint density at radius 2 is 1.95 bits per heavy atom. The number of hydrogen-bond donors (Lipinski definition) is 1. The largest absolute Gasteiger partial charge is 0.391 e. The topological polar surface area (TPSA) is 44.0 Å². The first-order chi connectivity index (χ1) is 8.86. The maximum Gasteiger partial charge on any atom is 0.0875 e. The molecule has 19 heavy (non-hydrogen) atoms. The summed E-state index contributed by atoms with van der Waals surface area (Å²) < 4.78 is 0. The molecule has 1 aliphatic carbocycles. The smallest absolute Gasteiger partial charge is 0.0875 e. The molecule has 0 bridgehead atoms. The van der Waals surface area contributed by atoms with E-state index in [1.807, 2.05) is 12.1 Å². The molecule has 0 spiro atoms. The van der Waals surface area contributed by atoms with Gasteiger partial charge in [0, 0.05) is 0 Å². The Bertz CT molecular complexity index is 495. The van der Waals surface area contributed by atoms with Crippen molar-refractivity contribution in [2.45, 2.75) is 52.6 Å². The molecule has 0 amide bonds. The van der Waals surface area contributed by atoms with Crippen LogP contribution in [-0.2, 0) is 12.8 Å². The van der Waals surface area contributed by atoms with E-state index < -0.39 is 11.5 Å². The second kappa shape index (κ2) is 4.98. The molecule has 2 unspecified atom stereocenters. The lowest BCUT2D eigenvalue weighted by Crippen LogP contribution is -2.41. The monoisotopic (exact) mass is 257 g/mol. The molecule has 0 saturated carbocycles. The van der Waals surface area contributed by atoms with Crippen molar-refractivity contribution in [3.8, 4) is 6.07 Å². The molecule has 102 valence electrons. The van der Waals surface area contributed by atoms with Crippen molar-refractivity contribution < 1.29 is 5.11 Å². The molecule has 2 atom stereocenters. The summed E-state index contributed by atoms with van der Waals surface area (Å²) in [7, 11) is 0. The van der Waals surface area contributed by atoms with E-state index in [0.717, 1.165) is 12.8 Å². The molecular formula is C17H23NO. The van der Waals surface area contributed by atoms with E-state index in [1.54, 1.807) is 0 Å². The van der Waals surface area contributed by atoms with Crippen molar-refractivity contribution in [1.29, 1.82) is 5.26 Å². The fourth-order valence-electron chi connectivity index (χ4n) is 2.99. The summed E-state index contributed by atoms with van der Waals surface area (Å²) >= 11 is 0. The summed E-state index contributed by atoms with van der Waals surface area (Å²) in [5.41, 5.74) is 1.99. The number of nitrogens with zero attached hydrogens (tertiary/aromatic N) is 1. The van der Waals surface area contributed by atoms with Crippen LogP contribution in [0.2, 0.25) is 0 Å². The lowest BCUT2D eigenvalue weighted by molar-refractivity contribution is 0.0211. The summed E-state index contributed by atoms with van der Waals surface area (Å²) in [6, 6.07) is 10.7. The lowest BCUT2D eigenvalue weighted by atomic mass is 9.66. The molecule has 2 nitrogen and oxygen atoms in total. The number of fused-ring (bicyclic) bond motifs is 1. The second-order valence-corrected chi connectivity index (χ2v) is 6.99. The zero-order valence-corrected chi connectivity index (χ0v) is 12.1. The summed E-state index contributed by atoms with van der Waals surface area (Å²) in [5.74, 6) is 0. The van der Waals surface area contributed by atoms with Crippen molar-refractivity contribution in [2.24, 2.45) is 10.8 Å². The van der Waals surface area contributed by atoms with E-state index in [9.17, 15) is 10.4 Å². The fraction of sp³-hybridized carbons (Fsp3) is 0.588. The first kappa shape index (κ1) is 14.1. The Morgan fingerprint density at radius 3 is 2.53 bits per heavy atom. The highest BCUT2D eigenvalue weighted by Crippen LogP contribution is 2.41. The van der Waals surface area contributed by atoms with Gasteiger partial charge in [-0.1, -0.05) is 45.0 Å². The highest BCUT2D eigenvalue weighted by atomic mass is 16.3. The third-order valence-electron chi connectivity index (χ3n) is 4.13. The van der Waals surface area contributed by atoms with Crippen LogP contribution in [0, 0.1) is 22.2 Å². The SMILES string of the molecule is CC(C)(C)CC(O)C1(C#N)CCc2ccccc2C1. The quantitative estimate of drug-likeness (QED) is 0.881. The van der Waals surface area contributed by atoms with Crippen LogP contribution in [-0.4, -0.2) is 11.2 Å². The Labute approximate surface area is 116 Å². The van der Waals surface area contributed by atoms with Crippen LogP contribution in [0.25, 0.3) is 0 Å². The second-order valence-electron chi connectivity index (χ2n) is 6.99. The van der Waals surface area contributed by atoms with Crippen molar-refractivity contribution in [2.75, 3.05) is 0 Å². The molecule has 2 heteroatoms. The van der Waals surface area contributed by atoms with E-state index in [-0.39, 0.29) is 5.41 Å². The molecule has 0 radical (unpaired) electrons. The minimum atomic E-state index is -0.609. The van der Waals surface area contributed by atoms with E-state index in [1.165, 1.54) is 11.1 Å². The molecule has 0 heterocycles. The van der Waals surface area contributed by atoms with E-state index in [2.05, 4.69) is 39.0 Å². The van der Waals surface area contributed by atoms with Crippen molar-refractivity contribution in [1.82, 2.24) is 0 Å². The standard InChI is InChI=1S/C17H23NO/c1-16(2,3)11-15(19)17(12-18)9-8-13-6-4-5-7-14(13)10-17/h4-7,15,19H,8-11H2,1-3H3. The van der Waals surface area contributed by atoms with Crippen molar-refractivity contribution >= 4 is 0 Å². The van der Waals surface area contributed by atoms with Crippen LogP contribution in [0.3, 0.4) is 0 Å². The molecule has 0 fully saturated rings. The van der Waals surface area contributed by atoms with Gasteiger partial charge in [0.05, 0.1) is 17.6 Å². The van der Waals surface area contributed by atoms with Crippen LogP contribution < -0.4 is 0 Å². The lowest BCUT2D eigenvalue weighted by Gasteiger charge is -2.38. The van der Waals surface area contributed by atoms with Gasteiger partial charge in [0.2, 0.25) is 0 Å². The highest BCUT2D eigenvalue weighted by Gasteiger charge is 2.42. The Morgan fingerprint density at radius 1 is 1.32 bits per heavy atom. The van der Waals surface area contributed by atoms with Gasteiger partial charge in [-0.25, -0.2) is 0 Å². The summed E-state index contributed by atoms with van der Waals surface area (Å²) in [5, 5.41) is 20.2. The summed E-state index contributed by atoms with van der Waals surface area (Å²) in [6.07, 6.45) is 2.45. The number of nitriles is 1. The number of rotatable bonds is 2. The third-order valence-corrected chi connectivity index (χ3v) is 4.13. The minimum Gasteiger partial charge on any atom is -0.391 e. The molecule has 0 aliphatic heterocycles. The molecule has 1 N–H and O–H groups in total. The molecule has 0 aromatic heterocycles. The Kier molecular flexibility index (Phi) is 3.69. The van der Waals surface area contributed by atoms with Crippen LogP contribution in [0.15, 0.2) is 24.3 Å². The molecule has 1 aliphatic rings. The molecule has 2 rings (SSSR count). The number of benzene rings is 1. The van der Waals surface area contributed by atoms with E-state index in [0.29, 0.717) is 12.8 Å². The van der Waals surface area contributed by atoms with Crippen LogP contribution in [0.4, 0.5) is 0 Å². The van der Waals surface area contributed by atoms with Gasteiger partial charge in [-0.3, -0.25) is 0 Å². The van der Waals surface area contributed by atoms with Crippen LogP contribution >= 0.6 is 0 Å². The Balaban J connectivity index is 2.25. The van der Waals surface area contributed by atoms with Crippen molar-refractivity contribution in [3.05, 3.63) is 35.4 Å². The average Bonchev–Trinajstić information content (AvgIpc) is 2.36. The normalized spacial score (nSPS) is 24.4.